The Morgan fingerprint density at radius 2 is 1.53 bits per heavy atom. The molecule has 0 saturated carbocycles. The van der Waals surface area contributed by atoms with E-state index in [1.54, 1.807) is 30.3 Å². The molecule has 1 aliphatic carbocycles. The maximum absolute atomic E-state index is 14.1. The summed E-state index contributed by atoms with van der Waals surface area (Å²) in [6, 6.07) is 26.4. The second kappa shape index (κ2) is 9.60. The molecule has 0 saturated heterocycles. The average Bonchev–Trinajstić information content (AvgIpc) is 2.80. The number of rotatable bonds is 6. The van der Waals surface area contributed by atoms with E-state index in [0.29, 0.717) is 10.9 Å². The van der Waals surface area contributed by atoms with E-state index in [4.69, 9.17) is 0 Å². The van der Waals surface area contributed by atoms with Gasteiger partial charge in [0.15, 0.2) is 0 Å². The molecule has 1 unspecified atom stereocenters. The predicted octanol–water partition coefficient (Wildman–Crippen LogP) is 4.64. The second-order valence-electron chi connectivity index (χ2n) is 7.97. The molecule has 164 valence electrons. The Bertz CT molecular complexity index is 1230. The van der Waals surface area contributed by atoms with Crippen LogP contribution in [0.4, 0.5) is 0 Å². The van der Waals surface area contributed by atoms with Crippen LogP contribution in [0.1, 0.15) is 30.4 Å². The van der Waals surface area contributed by atoms with Gasteiger partial charge in [0.2, 0.25) is 0 Å². The summed E-state index contributed by atoms with van der Waals surface area (Å²) < 4.78 is 30.0. The van der Waals surface area contributed by atoms with Crippen molar-refractivity contribution in [2.45, 2.75) is 36.7 Å². The molecule has 3 aromatic carbocycles. The zero-order valence-corrected chi connectivity index (χ0v) is 20.5. The summed E-state index contributed by atoms with van der Waals surface area (Å²) >= 11 is -0.323. The zero-order valence-electron chi connectivity index (χ0n) is 17.9. The molecule has 1 N–H and O–H groups in total. The fourth-order valence-corrected chi connectivity index (χ4v) is 8.70. The van der Waals surface area contributed by atoms with Gasteiger partial charge in [0, 0.05) is 0 Å². The number of sulfone groups is 1. The standard InChI is InChI=1S/C27H26O3SSe/c1-21-15-17-23(18-16-21)31(29,30)26(27(28)19-9-4-10-20-27)25(22-11-5-2-6-12-22)32-24-13-7-3-8-14-24/h2-3,5-9,11-19,28H,4,10,20H2,1H3/b26-25-. The second-order valence-corrected chi connectivity index (χ2v) is 12.1. The van der Waals surface area contributed by atoms with E-state index in [1.807, 2.05) is 73.7 Å². The SMILES string of the molecule is Cc1ccc(S(=O)(=O)/C(=C(\[Se]c2ccccc2)c2ccccc2)C2(O)C=CCCC2)cc1. The third kappa shape index (κ3) is 4.82. The van der Waals surface area contributed by atoms with Crippen LogP contribution in [0.3, 0.4) is 0 Å². The molecule has 0 bridgehead atoms. The molecule has 0 aromatic heterocycles. The third-order valence-electron chi connectivity index (χ3n) is 5.52. The first-order valence-corrected chi connectivity index (χ1v) is 13.8. The molecular weight excluding hydrogens is 483 g/mol. The van der Waals surface area contributed by atoms with Crippen molar-refractivity contribution < 1.29 is 13.5 Å². The fraction of sp³-hybridized carbons (Fsp3) is 0.185. The Labute approximate surface area is 196 Å². The summed E-state index contributed by atoms with van der Waals surface area (Å²) in [5.41, 5.74) is 0.279. The Balaban J connectivity index is 2.03. The number of aryl methyl sites for hydroxylation is 1. The zero-order chi connectivity index (χ0) is 22.6. The maximum atomic E-state index is 14.1. The number of benzene rings is 3. The topological polar surface area (TPSA) is 54.4 Å². The Kier molecular flexibility index (Phi) is 6.82. The van der Waals surface area contributed by atoms with Crippen LogP contribution in [0.25, 0.3) is 4.47 Å². The van der Waals surface area contributed by atoms with Gasteiger partial charge in [0.25, 0.3) is 0 Å². The van der Waals surface area contributed by atoms with Gasteiger partial charge in [0.1, 0.15) is 0 Å². The summed E-state index contributed by atoms with van der Waals surface area (Å²) in [5, 5.41) is 11.8. The normalized spacial score (nSPS) is 19.4. The minimum absolute atomic E-state index is 0.111. The van der Waals surface area contributed by atoms with Gasteiger partial charge >= 0.3 is 197 Å². The fourth-order valence-electron chi connectivity index (χ4n) is 3.86. The predicted molar refractivity (Wildman–Crippen MR) is 131 cm³/mol. The van der Waals surface area contributed by atoms with Crippen molar-refractivity contribution in [1.82, 2.24) is 0 Å². The summed E-state index contributed by atoms with van der Waals surface area (Å²) in [6.45, 7) is 1.93. The van der Waals surface area contributed by atoms with E-state index < -0.39 is 15.4 Å². The molecular formula is C27H26O3SSe. The van der Waals surface area contributed by atoms with Crippen LogP contribution in [0.15, 0.2) is 107 Å². The number of aliphatic hydroxyl groups is 1. The molecule has 5 heteroatoms. The minimum atomic E-state index is -3.95. The van der Waals surface area contributed by atoms with E-state index in [1.165, 1.54) is 0 Å². The molecule has 0 spiro atoms. The van der Waals surface area contributed by atoms with Gasteiger partial charge in [0.05, 0.1) is 0 Å². The third-order valence-corrected chi connectivity index (χ3v) is 10.2. The van der Waals surface area contributed by atoms with Crippen LogP contribution in [-0.2, 0) is 9.84 Å². The van der Waals surface area contributed by atoms with Crippen molar-refractivity contribution in [2.75, 3.05) is 0 Å². The molecule has 0 aliphatic heterocycles. The monoisotopic (exact) mass is 510 g/mol. The molecule has 3 nitrogen and oxygen atoms in total. The van der Waals surface area contributed by atoms with Crippen LogP contribution in [0.5, 0.6) is 0 Å². The number of hydrogen-bond acceptors (Lipinski definition) is 3. The van der Waals surface area contributed by atoms with Gasteiger partial charge in [-0.3, -0.25) is 0 Å². The van der Waals surface area contributed by atoms with E-state index in [0.717, 1.165) is 28.4 Å². The summed E-state index contributed by atoms with van der Waals surface area (Å²) in [7, 11) is -3.95. The molecule has 3 aromatic rings. The Morgan fingerprint density at radius 1 is 0.906 bits per heavy atom. The van der Waals surface area contributed by atoms with Crippen LogP contribution < -0.4 is 4.46 Å². The summed E-state index contributed by atoms with van der Waals surface area (Å²) in [6.07, 6.45) is 5.53. The molecule has 32 heavy (non-hydrogen) atoms. The van der Waals surface area contributed by atoms with E-state index in [-0.39, 0.29) is 24.8 Å². The van der Waals surface area contributed by atoms with E-state index in [2.05, 4.69) is 0 Å². The first-order valence-electron chi connectivity index (χ1n) is 10.6. The van der Waals surface area contributed by atoms with Crippen LogP contribution in [-0.4, -0.2) is 34.1 Å². The van der Waals surface area contributed by atoms with Gasteiger partial charge in [-0.1, -0.05) is 0 Å². The van der Waals surface area contributed by atoms with Crippen LogP contribution in [0.2, 0.25) is 0 Å². The molecule has 1 aliphatic rings. The van der Waals surface area contributed by atoms with Crippen molar-refractivity contribution >= 4 is 33.7 Å². The number of allylic oxidation sites excluding steroid dienone is 1. The quantitative estimate of drug-likeness (QED) is 0.389. The first-order chi connectivity index (χ1) is 15.4. The first kappa shape index (κ1) is 22.8. The Morgan fingerprint density at radius 3 is 2.12 bits per heavy atom. The van der Waals surface area contributed by atoms with Gasteiger partial charge in [-0.15, -0.1) is 0 Å². The van der Waals surface area contributed by atoms with Gasteiger partial charge in [-0.05, 0) is 0 Å². The summed E-state index contributed by atoms with van der Waals surface area (Å²) in [4.78, 5) is 0.322. The van der Waals surface area contributed by atoms with Gasteiger partial charge < -0.3 is 0 Å². The van der Waals surface area contributed by atoms with Gasteiger partial charge in [-0.2, -0.15) is 0 Å². The molecule has 0 heterocycles. The van der Waals surface area contributed by atoms with Crippen LogP contribution in [0, 0.1) is 6.92 Å². The van der Waals surface area contributed by atoms with Crippen molar-refractivity contribution in [1.29, 1.82) is 0 Å². The van der Waals surface area contributed by atoms with Gasteiger partial charge in [-0.25, -0.2) is 0 Å². The van der Waals surface area contributed by atoms with E-state index >= 15 is 0 Å². The van der Waals surface area contributed by atoms with Crippen molar-refractivity contribution in [3.63, 3.8) is 0 Å². The number of hydrogen-bond donors (Lipinski definition) is 1. The summed E-state index contributed by atoms with van der Waals surface area (Å²) in [5.74, 6) is 0. The van der Waals surface area contributed by atoms with Crippen LogP contribution >= 0.6 is 0 Å². The molecule has 0 fully saturated rings. The molecule has 0 amide bonds. The van der Waals surface area contributed by atoms with Crippen molar-refractivity contribution in [3.05, 3.63) is 113 Å². The molecule has 0 radical (unpaired) electrons. The molecule has 4 rings (SSSR count). The Hall–Kier alpha value is -2.43. The van der Waals surface area contributed by atoms with Crippen molar-refractivity contribution in [2.24, 2.45) is 0 Å². The van der Waals surface area contributed by atoms with Crippen molar-refractivity contribution in [3.8, 4) is 0 Å². The van der Waals surface area contributed by atoms with E-state index in [9.17, 15) is 13.5 Å². The average molecular weight is 510 g/mol. The molecule has 1 atom stereocenters.